The number of hydrogen-bond donors (Lipinski definition) is 2. The normalized spacial score (nSPS) is 20.3. The Bertz CT molecular complexity index is 914. The fourth-order valence-corrected chi connectivity index (χ4v) is 3.91. The first-order valence-corrected chi connectivity index (χ1v) is 9.63. The maximum Gasteiger partial charge on any atom is 0.410 e. The second-order valence-corrected chi connectivity index (χ2v) is 8.05. The maximum atomic E-state index is 13.6. The van der Waals surface area contributed by atoms with Crippen LogP contribution in [0.1, 0.15) is 66.7 Å². The smallest absolute Gasteiger partial charge is 0.367 e. The minimum Gasteiger partial charge on any atom is -0.367 e. The zero-order chi connectivity index (χ0) is 21.7. The lowest BCUT2D eigenvalue weighted by Gasteiger charge is -2.35. The van der Waals surface area contributed by atoms with Gasteiger partial charge in [-0.05, 0) is 33.1 Å². The molecule has 0 aliphatic carbocycles. The van der Waals surface area contributed by atoms with Crippen molar-refractivity contribution in [1.29, 1.82) is 0 Å². The number of amides is 1. The summed E-state index contributed by atoms with van der Waals surface area (Å²) in [5.41, 5.74) is 2.55. The predicted molar refractivity (Wildman–Crippen MR) is 103 cm³/mol. The van der Waals surface area contributed by atoms with Crippen LogP contribution in [0.3, 0.4) is 0 Å². The number of rotatable bonds is 4. The molecule has 7 nitrogen and oxygen atoms in total. The van der Waals surface area contributed by atoms with Gasteiger partial charge in [-0.15, -0.1) is 0 Å². The van der Waals surface area contributed by atoms with Gasteiger partial charge in [0.25, 0.3) is 5.91 Å². The van der Waals surface area contributed by atoms with Gasteiger partial charge in [-0.1, -0.05) is 13.8 Å². The first-order chi connectivity index (χ1) is 13.4. The quantitative estimate of drug-likeness (QED) is 0.803. The number of alkyl halides is 3. The third-order valence-corrected chi connectivity index (χ3v) is 5.60. The van der Waals surface area contributed by atoms with Crippen LogP contribution in [-0.4, -0.2) is 37.7 Å². The first kappa shape index (κ1) is 21.2. The van der Waals surface area contributed by atoms with E-state index in [0.717, 1.165) is 21.6 Å². The van der Waals surface area contributed by atoms with Crippen LogP contribution in [0.25, 0.3) is 0 Å². The first-order valence-electron chi connectivity index (χ1n) is 9.63. The summed E-state index contributed by atoms with van der Waals surface area (Å²) in [5.74, 6) is -0.299. The van der Waals surface area contributed by atoms with Crippen LogP contribution in [0.4, 0.5) is 19.0 Å². The van der Waals surface area contributed by atoms with E-state index in [4.69, 9.17) is 0 Å². The van der Waals surface area contributed by atoms with E-state index < -0.39 is 18.1 Å². The van der Waals surface area contributed by atoms with Gasteiger partial charge in [0.05, 0.1) is 11.7 Å². The van der Waals surface area contributed by atoms with E-state index >= 15 is 0 Å². The van der Waals surface area contributed by atoms with Crippen molar-refractivity contribution in [2.45, 2.75) is 65.3 Å². The summed E-state index contributed by atoms with van der Waals surface area (Å²) in [7, 11) is 1.82. The van der Waals surface area contributed by atoms with Crippen LogP contribution in [0.5, 0.6) is 0 Å². The number of anilines is 1. The number of aryl methyl sites for hydroxylation is 2. The molecule has 2 N–H and O–H groups in total. The summed E-state index contributed by atoms with van der Waals surface area (Å²) in [6, 6.07) is -1.07. The molecule has 1 aliphatic heterocycles. The molecule has 3 rings (SSSR count). The summed E-state index contributed by atoms with van der Waals surface area (Å²) in [6.07, 6.45) is -4.57. The van der Waals surface area contributed by atoms with E-state index in [0.29, 0.717) is 0 Å². The molecule has 0 saturated heterocycles. The van der Waals surface area contributed by atoms with Gasteiger partial charge < -0.3 is 10.6 Å². The van der Waals surface area contributed by atoms with Crippen LogP contribution in [0.15, 0.2) is 6.07 Å². The molecule has 29 heavy (non-hydrogen) atoms. The number of nitrogens with one attached hydrogen (secondary N) is 2. The lowest BCUT2D eigenvalue weighted by atomic mass is 9.94. The van der Waals surface area contributed by atoms with Gasteiger partial charge in [0.15, 0.2) is 11.7 Å². The minimum atomic E-state index is -4.44. The summed E-state index contributed by atoms with van der Waals surface area (Å²) in [6.45, 7) is 9.30. The Morgan fingerprint density at radius 3 is 2.45 bits per heavy atom. The lowest BCUT2D eigenvalue weighted by Crippen LogP contribution is -2.41. The monoisotopic (exact) mass is 412 g/mol. The highest BCUT2D eigenvalue weighted by molar-refractivity contribution is 5.93. The molecule has 1 amide bonds. The van der Waals surface area contributed by atoms with E-state index in [2.05, 4.69) is 20.8 Å². The van der Waals surface area contributed by atoms with Crippen LogP contribution in [-0.2, 0) is 7.05 Å². The van der Waals surface area contributed by atoms with Crippen molar-refractivity contribution in [1.82, 2.24) is 24.9 Å². The number of hydrogen-bond acceptors (Lipinski definition) is 4. The average Bonchev–Trinajstić information content (AvgIpc) is 3.13. The van der Waals surface area contributed by atoms with Gasteiger partial charge in [0.1, 0.15) is 5.82 Å². The van der Waals surface area contributed by atoms with Crippen molar-refractivity contribution in [2.24, 2.45) is 13.0 Å². The Balaban J connectivity index is 1.86. The standard InChI is InChI=1S/C19H27F3N6O/c1-9(2)13-7-15(19(20,21)22)28-16(24-13)8-14(26-28)18(29)23-10(3)17-11(4)25-27(6)12(17)5/h8-10,13,15,24H,7H2,1-6H3,(H,23,29)/t10?,13-,15+/m0/s1. The molecule has 0 aromatic carbocycles. The SMILES string of the molecule is Cc1nn(C)c(C)c1C(C)NC(=O)c1cc2n(n1)[C@@H](C(F)(F)F)C[C@@H](C(C)C)N2. The fraction of sp³-hybridized carbons (Fsp3) is 0.632. The number of carbonyl (C=O) groups excluding carboxylic acids is 1. The molecule has 0 bridgehead atoms. The van der Waals surface area contributed by atoms with Gasteiger partial charge in [-0.3, -0.25) is 9.48 Å². The molecule has 0 fully saturated rings. The molecule has 3 atom stereocenters. The zero-order valence-electron chi connectivity index (χ0n) is 17.4. The van der Waals surface area contributed by atoms with Crippen molar-refractivity contribution in [2.75, 3.05) is 5.32 Å². The lowest BCUT2D eigenvalue weighted by molar-refractivity contribution is -0.174. The Morgan fingerprint density at radius 1 is 1.28 bits per heavy atom. The molecule has 0 saturated carbocycles. The van der Waals surface area contributed by atoms with Gasteiger partial charge in [-0.2, -0.15) is 23.4 Å². The van der Waals surface area contributed by atoms with Crippen molar-refractivity contribution >= 4 is 11.7 Å². The van der Waals surface area contributed by atoms with Crippen molar-refractivity contribution < 1.29 is 18.0 Å². The van der Waals surface area contributed by atoms with E-state index in [9.17, 15) is 18.0 Å². The molecule has 10 heteroatoms. The average molecular weight is 412 g/mol. The molecule has 160 valence electrons. The van der Waals surface area contributed by atoms with E-state index in [1.807, 2.05) is 41.7 Å². The number of nitrogens with zero attached hydrogens (tertiary/aromatic N) is 4. The number of fused-ring (bicyclic) bond motifs is 1. The Labute approximate surface area is 167 Å². The third-order valence-electron chi connectivity index (χ3n) is 5.60. The van der Waals surface area contributed by atoms with Crippen LogP contribution in [0.2, 0.25) is 0 Å². The Hall–Kier alpha value is -2.52. The van der Waals surface area contributed by atoms with E-state index in [1.54, 1.807) is 4.68 Å². The highest BCUT2D eigenvalue weighted by Gasteiger charge is 2.47. The fourth-order valence-electron chi connectivity index (χ4n) is 3.91. The van der Waals surface area contributed by atoms with E-state index in [1.165, 1.54) is 6.07 Å². The van der Waals surface area contributed by atoms with Crippen LogP contribution in [0, 0.1) is 19.8 Å². The molecule has 0 spiro atoms. The number of aromatic nitrogens is 4. The molecule has 1 aliphatic rings. The second-order valence-electron chi connectivity index (χ2n) is 8.05. The highest BCUT2D eigenvalue weighted by Crippen LogP contribution is 2.40. The van der Waals surface area contributed by atoms with Crippen molar-refractivity contribution in [3.63, 3.8) is 0 Å². The Morgan fingerprint density at radius 2 is 1.93 bits per heavy atom. The molecular formula is C19H27F3N6O. The van der Waals surface area contributed by atoms with Crippen molar-refractivity contribution in [3.8, 4) is 0 Å². The van der Waals surface area contributed by atoms with Crippen molar-refractivity contribution in [3.05, 3.63) is 28.7 Å². The summed E-state index contributed by atoms with van der Waals surface area (Å²) >= 11 is 0. The highest BCUT2D eigenvalue weighted by atomic mass is 19.4. The molecule has 2 aromatic rings. The second kappa shape index (κ2) is 7.38. The summed E-state index contributed by atoms with van der Waals surface area (Å²) < 4.78 is 43.4. The zero-order valence-corrected chi connectivity index (χ0v) is 17.4. The minimum absolute atomic E-state index is 0.0114. The third kappa shape index (κ3) is 3.97. The van der Waals surface area contributed by atoms with Gasteiger partial charge in [0, 0.05) is 30.4 Å². The molecule has 2 aromatic heterocycles. The van der Waals surface area contributed by atoms with Crippen LogP contribution >= 0.6 is 0 Å². The number of halogens is 3. The topological polar surface area (TPSA) is 76.8 Å². The van der Waals surface area contributed by atoms with Crippen LogP contribution < -0.4 is 10.6 Å². The largest absolute Gasteiger partial charge is 0.410 e. The molecule has 3 heterocycles. The molecule has 0 radical (unpaired) electrons. The maximum absolute atomic E-state index is 13.6. The predicted octanol–water partition coefficient (Wildman–Crippen LogP) is 3.67. The summed E-state index contributed by atoms with van der Waals surface area (Å²) in [5, 5.41) is 14.2. The van der Waals surface area contributed by atoms with Gasteiger partial charge >= 0.3 is 6.18 Å². The number of carbonyl (C=O) groups is 1. The molecular weight excluding hydrogens is 385 g/mol. The molecule has 1 unspecified atom stereocenters. The Kier molecular flexibility index (Phi) is 5.40. The van der Waals surface area contributed by atoms with Gasteiger partial charge in [0.2, 0.25) is 0 Å². The van der Waals surface area contributed by atoms with E-state index in [-0.39, 0.29) is 35.9 Å². The summed E-state index contributed by atoms with van der Waals surface area (Å²) in [4.78, 5) is 12.7. The van der Waals surface area contributed by atoms with Gasteiger partial charge in [-0.25, -0.2) is 4.68 Å².